The van der Waals surface area contributed by atoms with Crippen LogP contribution in [0.5, 0.6) is 0 Å². The van der Waals surface area contributed by atoms with Gasteiger partial charge in [-0.05, 0) is 5.56 Å². The fraction of sp³-hybridized carbons (Fsp3) is 0.143. The van der Waals surface area contributed by atoms with Crippen LogP contribution in [0.1, 0.15) is 5.56 Å². The summed E-state index contributed by atoms with van der Waals surface area (Å²) in [4.78, 5) is 13.6. The molecule has 2 rings (SSSR count). The van der Waals surface area contributed by atoms with Gasteiger partial charge in [-0.25, -0.2) is 0 Å². The molecule has 0 saturated carbocycles. The van der Waals surface area contributed by atoms with Crippen LogP contribution in [-0.4, -0.2) is 15.2 Å². The lowest BCUT2D eigenvalue weighted by Crippen LogP contribution is -2.08. The van der Waals surface area contributed by atoms with Crippen molar-refractivity contribution in [1.82, 2.24) is 15.2 Å². The average Bonchev–Trinajstić information content (AvgIpc) is 2.50. The Morgan fingerprint density at radius 2 is 2.42 bits per heavy atom. The number of rotatable bonds is 1. The third-order valence-electron chi connectivity index (χ3n) is 1.76. The van der Waals surface area contributed by atoms with Gasteiger partial charge in [0, 0.05) is 18.0 Å². The third-order valence-corrected chi connectivity index (χ3v) is 1.76. The van der Waals surface area contributed by atoms with Crippen LogP contribution >= 0.6 is 0 Å². The minimum atomic E-state index is -0.160. The van der Waals surface area contributed by atoms with Crippen LogP contribution in [0.4, 0.5) is 0 Å². The maximum atomic E-state index is 11.0. The van der Waals surface area contributed by atoms with Crippen LogP contribution in [0.2, 0.25) is 0 Å². The molecule has 2 aromatic heterocycles. The maximum absolute atomic E-state index is 11.0. The van der Waals surface area contributed by atoms with Crippen LogP contribution in [-0.2, 0) is 6.54 Å². The monoisotopic (exact) mass is 164 g/mol. The number of nitrogens with two attached hydrogens (primary N) is 1. The molecule has 0 unspecified atom stereocenters. The number of H-pyrrole nitrogens is 2. The highest BCUT2D eigenvalue weighted by molar-refractivity contribution is 5.77. The molecule has 0 bridgehead atoms. The van der Waals surface area contributed by atoms with Crippen LogP contribution in [0.3, 0.4) is 0 Å². The fourth-order valence-corrected chi connectivity index (χ4v) is 1.19. The molecule has 4 N–H and O–H groups in total. The SMILES string of the molecule is NCc1cc(=O)[nH]c2[nH]ncc12. The van der Waals surface area contributed by atoms with E-state index >= 15 is 0 Å². The second-order valence-electron chi connectivity index (χ2n) is 2.52. The topological polar surface area (TPSA) is 87.6 Å². The minimum absolute atomic E-state index is 0.160. The summed E-state index contributed by atoms with van der Waals surface area (Å²) in [7, 11) is 0. The quantitative estimate of drug-likeness (QED) is 0.541. The van der Waals surface area contributed by atoms with Gasteiger partial charge in [-0.2, -0.15) is 5.10 Å². The highest BCUT2D eigenvalue weighted by Crippen LogP contribution is 2.09. The van der Waals surface area contributed by atoms with E-state index in [4.69, 9.17) is 5.73 Å². The van der Waals surface area contributed by atoms with Crippen molar-refractivity contribution in [2.75, 3.05) is 0 Å². The number of hydrogen-bond donors (Lipinski definition) is 3. The molecule has 0 aromatic carbocycles. The molecule has 0 spiro atoms. The summed E-state index contributed by atoms with van der Waals surface area (Å²) in [5, 5.41) is 7.35. The van der Waals surface area contributed by atoms with Crippen molar-refractivity contribution in [3.63, 3.8) is 0 Å². The molecule has 2 aromatic rings. The predicted molar refractivity (Wildman–Crippen MR) is 44.6 cm³/mol. The van der Waals surface area contributed by atoms with Gasteiger partial charge in [0.15, 0.2) is 0 Å². The first-order valence-corrected chi connectivity index (χ1v) is 3.56. The number of aromatic nitrogens is 3. The number of nitrogens with zero attached hydrogens (tertiary/aromatic N) is 1. The molecule has 5 nitrogen and oxygen atoms in total. The Labute approximate surface area is 67.6 Å². The minimum Gasteiger partial charge on any atom is -0.326 e. The molecule has 0 aliphatic carbocycles. The van der Waals surface area contributed by atoms with Gasteiger partial charge in [0.25, 0.3) is 0 Å². The molecule has 0 fully saturated rings. The Bertz CT molecular complexity index is 456. The number of pyridine rings is 1. The summed E-state index contributed by atoms with van der Waals surface area (Å²) in [6.45, 7) is 0.347. The van der Waals surface area contributed by atoms with Crippen LogP contribution in [0, 0.1) is 0 Å². The van der Waals surface area contributed by atoms with Gasteiger partial charge in [-0.15, -0.1) is 0 Å². The van der Waals surface area contributed by atoms with Gasteiger partial charge in [0.05, 0.1) is 6.20 Å². The molecule has 12 heavy (non-hydrogen) atoms. The van der Waals surface area contributed by atoms with E-state index in [2.05, 4.69) is 15.2 Å². The van der Waals surface area contributed by atoms with E-state index in [1.54, 1.807) is 6.20 Å². The standard InChI is InChI=1S/C7H8N4O/c8-2-4-1-6(12)10-7-5(4)3-9-11-7/h1,3H,2,8H2,(H2,9,10,11,12). The lowest BCUT2D eigenvalue weighted by Gasteiger charge is -1.95. The van der Waals surface area contributed by atoms with Crippen molar-refractivity contribution < 1.29 is 0 Å². The summed E-state index contributed by atoms with van der Waals surface area (Å²) in [5.41, 5.74) is 6.73. The molecular formula is C7H8N4O. The van der Waals surface area contributed by atoms with E-state index < -0.39 is 0 Å². The molecule has 62 valence electrons. The molecular weight excluding hydrogens is 156 g/mol. The first-order chi connectivity index (χ1) is 5.81. The number of hydrogen-bond acceptors (Lipinski definition) is 3. The Morgan fingerprint density at radius 1 is 1.58 bits per heavy atom. The van der Waals surface area contributed by atoms with Crippen molar-refractivity contribution in [3.8, 4) is 0 Å². The lowest BCUT2D eigenvalue weighted by molar-refractivity contribution is 1.06. The molecule has 0 atom stereocenters. The normalized spacial score (nSPS) is 10.8. The van der Waals surface area contributed by atoms with E-state index in [-0.39, 0.29) is 5.56 Å². The molecule has 0 amide bonds. The Balaban J connectivity index is 2.89. The first-order valence-electron chi connectivity index (χ1n) is 3.56. The fourth-order valence-electron chi connectivity index (χ4n) is 1.19. The van der Waals surface area contributed by atoms with Gasteiger partial charge in [0.1, 0.15) is 5.65 Å². The zero-order valence-corrected chi connectivity index (χ0v) is 6.29. The van der Waals surface area contributed by atoms with Gasteiger partial charge in [0.2, 0.25) is 5.56 Å². The number of nitrogens with one attached hydrogen (secondary N) is 2. The van der Waals surface area contributed by atoms with E-state index in [0.29, 0.717) is 12.2 Å². The second kappa shape index (κ2) is 2.46. The smallest absolute Gasteiger partial charge is 0.249 e. The average molecular weight is 164 g/mol. The van der Waals surface area contributed by atoms with Gasteiger partial charge in [-0.1, -0.05) is 0 Å². The van der Waals surface area contributed by atoms with Gasteiger partial charge >= 0.3 is 0 Å². The van der Waals surface area contributed by atoms with Crippen molar-refractivity contribution in [1.29, 1.82) is 0 Å². The third kappa shape index (κ3) is 0.911. The summed E-state index contributed by atoms with van der Waals surface area (Å²) in [6.07, 6.45) is 1.65. The Hall–Kier alpha value is -1.62. The molecule has 2 heterocycles. The van der Waals surface area contributed by atoms with Crippen LogP contribution in [0.15, 0.2) is 17.1 Å². The second-order valence-corrected chi connectivity index (χ2v) is 2.52. The molecule has 0 saturated heterocycles. The zero-order valence-electron chi connectivity index (χ0n) is 6.29. The van der Waals surface area contributed by atoms with E-state index in [1.165, 1.54) is 6.07 Å². The van der Waals surface area contributed by atoms with E-state index in [1.807, 2.05) is 0 Å². The van der Waals surface area contributed by atoms with Gasteiger partial charge in [-0.3, -0.25) is 9.89 Å². The van der Waals surface area contributed by atoms with Gasteiger partial charge < -0.3 is 10.7 Å². The molecule has 0 aliphatic rings. The van der Waals surface area contributed by atoms with Crippen LogP contribution in [0.25, 0.3) is 11.0 Å². The first kappa shape index (κ1) is 7.05. The lowest BCUT2D eigenvalue weighted by atomic mass is 10.2. The maximum Gasteiger partial charge on any atom is 0.249 e. The van der Waals surface area contributed by atoms with E-state index in [0.717, 1.165) is 10.9 Å². The summed E-state index contributed by atoms with van der Waals surface area (Å²) < 4.78 is 0. The highest BCUT2D eigenvalue weighted by atomic mass is 16.1. The van der Waals surface area contributed by atoms with Crippen molar-refractivity contribution >= 4 is 11.0 Å². The Kier molecular flexibility index (Phi) is 1.44. The predicted octanol–water partition coefficient (Wildman–Crippen LogP) is -0.290. The number of aromatic amines is 2. The van der Waals surface area contributed by atoms with Crippen molar-refractivity contribution in [3.05, 3.63) is 28.2 Å². The highest BCUT2D eigenvalue weighted by Gasteiger charge is 2.02. The van der Waals surface area contributed by atoms with Crippen molar-refractivity contribution in [2.45, 2.75) is 6.54 Å². The molecule has 5 heteroatoms. The summed E-state index contributed by atoms with van der Waals surface area (Å²) in [6, 6.07) is 1.48. The van der Waals surface area contributed by atoms with E-state index in [9.17, 15) is 4.79 Å². The molecule has 0 radical (unpaired) electrons. The number of fused-ring (bicyclic) bond motifs is 1. The zero-order chi connectivity index (χ0) is 8.55. The summed E-state index contributed by atoms with van der Waals surface area (Å²) in [5.74, 6) is 0. The Morgan fingerprint density at radius 3 is 3.17 bits per heavy atom. The van der Waals surface area contributed by atoms with Crippen molar-refractivity contribution in [2.24, 2.45) is 5.73 Å². The molecule has 0 aliphatic heterocycles. The summed E-state index contributed by atoms with van der Waals surface area (Å²) >= 11 is 0. The van der Waals surface area contributed by atoms with Crippen LogP contribution < -0.4 is 11.3 Å². The largest absolute Gasteiger partial charge is 0.326 e.